The summed E-state index contributed by atoms with van der Waals surface area (Å²) in [4.78, 5) is 8.96. The Bertz CT molecular complexity index is 838. The SMILES string of the molecule is Cc1nc(CN2CCN(C(C)c3nnc(-c4ccccc4)o3)CC2)no1. The smallest absolute Gasteiger partial charge is 0.247 e. The second-order valence-electron chi connectivity index (χ2n) is 6.53. The van der Waals surface area contributed by atoms with Crippen LogP contribution in [0.5, 0.6) is 0 Å². The van der Waals surface area contributed by atoms with Crippen LogP contribution in [-0.4, -0.2) is 56.3 Å². The Labute approximate surface area is 151 Å². The third-order valence-corrected chi connectivity index (χ3v) is 4.71. The second-order valence-corrected chi connectivity index (χ2v) is 6.53. The topological polar surface area (TPSA) is 84.3 Å². The maximum atomic E-state index is 5.90. The van der Waals surface area contributed by atoms with Crippen molar-refractivity contribution in [2.75, 3.05) is 26.2 Å². The first-order chi connectivity index (χ1) is 12.7. The zero-order chi connectivity index (χ0) is 17.9. The van der Waals surface area contributed by atoms with E-state index in [4.69, 9.17) is 8.94 Å². The zero-order valence-electron chi connectivity index (χ0n) is 15.0. The molecule has 1 atom stereocenters. The molecule has 0 amide bonds. The standard InChI is InChI=1S/C18H22N6O2/c1-13(17-20-21-18(25-17)15-6-4-3-5-7-15)24-10-8-23(9-11-24)12-16-19-14(2)26-22-16/h3-7,13H,8-12H2,1-2H3. The first-order valence-corrected chi connectivity index (χ1v) is 8.83. The molecule has 1 unspecified atom stereocenters. The van der Waals surface area contributed by atoms with E-state index in [0.29, 0.717) is 17.7 Å². The van der Waals surface area contributed by atoms with Gasteiger partial charge in [0.25, 0.3) is 0 Å². The highest BCUT2D eigenvalue weighted by molar-refractivity contribution is 5.51. The summed E-state index contributed by atoms with van der Waals surface area (Å²) in [5, 5.41) is 12.4. The van der Waals surface area contributed by atoms with Gasteiger partial charge in [-0.15, -0.1) is 10.2 Å². The molecule has 3 heterocycles. The maximum Gasteiger partial charge on any atom is 0.247 e. The fourth-order valence-corrected chi connectivity index (χ4v) is 3.17. The Morgan fingerprint density at radius 3 is 2.54 bits per heavy atom. The minimum atomic E-state index is 0.0922. The predicted octanol–water partition coefficient (Wildman–Crippen LogP) is 2.31. The molecule has 4 rings (SSSR count). The summed E-state index contributed by atoms with van der Waals surface area (Å²) >= 11 is 0. The van der Waals surface area contributed by atoms with Gasteiger partial charge in [-0.25, -0.2) is 0 Å². The lowest BCUT2D eigenvalue weighted by Gasteiger charge is -2.36. The lowest BCUT2D eigenvalue weighted by Crippen LogP contribution is -2.46. The third-order valence-electron chi connectivity index (χ3n) is 4.71. The zero-order valence-corrected chi connectivity index (χ0v) is 15.0. The molecule has 136 valence electrons. The number of hydrogen-bond acceptors (Lipinski definition) is 8. The van der Waals surface area contributed by atoms with Crippen molar-refractivity contribution in [3.05, 3.63) is 47.9 Å². The molecule has 26 heavy (non-hydrogen) atoms. The molecule has 3 aromatic rings. The van der Waals surface area contributed by atoms with E-state index < -0.39 is 0 Å². The number of nitrogens with zero attached hydrogens (tertiary/aromatic N) is 6. The van der Waals surface area contributed by atoms with Crippen LogP contribution in [0.4, 0.5) is 0 Å². The van der Waals surface area contributed by atoms with Gasteiger partial charge in [-0.05, 0) is 19.1 Å². The largest absolute Gasteiger partial charge is 0.419 e. The molecule has 1 aliphatic heterocycles. The van der Waals surface area contributed by atoms with Crippen molar-refractivity contribution in [1.29, 1.82) is 0 Å². The first kappa shape index (κ1) is 16.9. The fraction of sp³-hybridized carbons (Fsp3) is 0.444. The van der Waals surface area contributed by atoms with Crippen molar-refractivity contribution in [2.45, 2.75) is 26.4 Å². The van der Waals surface area contributed by atoms with Crippen LogP contribution in [0, 0.1) is 6.92 Å². The summed E-state index contributed by atoms with van der Waals surface area (Å²) in [6.07, 6.45) is 0. The fourth-order valence-electron chi connectivity index (χ4n) is 3.17. The van der Waals surface area contributed by atoms with Gasteiger partial charge in [-0.2, -0.15) is 4.98 Å². The number of aromatic nitrogens is 4. The van der Waals surface area contributed by atoms with Gasteiger partial charge in [0, 0.05) is 38.7 Å². The van der Waals surface area contributed by atoms with Gasteiger partial charge in [0.1, 0.15) is 0 Å². The summed E-state index contributed by atoms with van der Waals surface area (Å²) in [7, 11) is 0. The second kappa shape index (κ2) is 7.35. The van der Waals surface area contributed by atoms with E-state index in [1.807, 2.05) is 37.3 Å². The van der Waals surface area contributed by atoms with Gasteiger partial charge in [0.2, 0.25) is 17.7 Å². The number of aryl methyl sites for hydroxylation is 1. The minimum Gasteiger partial charge on any atom is -0.419 e. The monoisotopic (exact) mass is 354 g/mol. The van der Waals surface area contributed by atoms with Gasteiger partial charge in [-0.3, -0.25) is 9.80 Å². The van der Waals surface area contributed by atoms with Crippen LogP contribution in [0.1, 0.15) is 30.6 Å². The molecule has 1 aliphatic rings. The molecule has 0 aliphatic carbocycles. The van der Waals surface area contributed by atoms with E-state index in [9.17, 15) is 0 Å². The Morgan fingerprint density at radius 2 is 1.85 bits per heavy atom. The lowest BCUT2D eigenvalue weighted by molar-refractivity contribution is 0.0857. The number of rotatable bonds is 5. The number of benzene rings is 1. The van der Waals surface area contributed by atoms with Crippen molar-refractivity contribution in [3.63, 3.8) is 0 Å². The van der Waals surface area contributed by atoms with E-state index in [-0.39, 0.29) is 6.04 Å². The van der Waals surface area contributed by atoms with Crippen LogP contribution >= 0.6 is 0 Å². The van der Waals surface area contributed by atoms with Gasteiger partial charge in [0.05, 0.1) is 12.6 Å². The molecule has 1 fully saturated rings. The molecule has 1 aromatic carbocycles. The normalized spacial score (nSPS) is 17.5. The molecule has 0 N–H and O–H groups in total. The number of hydrogen-bond donors (Lipinski definition) is 0. The summed E-state index contributed by atoms with van der Waals surface area (Å²) in [6.45, 7) is 8.39. The van der Waals surface area contributed by atoms with Crippen molar-refractivity contribution in [1.82, 2.24) is 30.1 Å². The van der Waals surface area contributed by atoms with Crippen LogP contribution in [0.2, 0.25) is 0 Å². The van der Waals surface area contributed by atoms with Gasteiger partial charge < -0.3 is 8.94 Å². The van der Waals surface area contributed by atoms with Crippen molar-refractivity contribution in [2.24, 2.45) is 0 Å². The van der Waals surface area contributed by atoms with Gasteiger partial charge >= 0.3 is 0 Å². The molecule has 0 bridgehead atoms. The van der Waals surface area contributed by atoms with Crippen molar-refractivity contribution in [3.8, 4) is 11.5 Å². The Morgan fingerprint density at radius 1 is 1.08 bits per heavy atom. The average Bonchev–Trinajstić information content (AvgIpc) is 3.32. The Hall–Kier alpha value is -2.58. The molecule has 8 heteroatoms. The highest BCUT2D eigenvalue weighted by atomic mass is 16.5. The lowest BCUT2D eigenvalue weighted by atomic mass is 10.2. The molecule has 0 spiro atoms. The van der Waals surface area contributed by atoms with Gasteiger partial charge in [-0.1, -0.05) is 23.4 Å². The molecular formula is C18H22N6O2. The van der Waals surface area contributed by atoms with Gasteiger partial charge in [0.15, 0.2) is 5.82 Å². The molecule has 1 saturated heterocycles. The van der Waals surface area contributed by atoms with E-state index in [0.717, 1.165) is 44.1 Å². The number of piperazine rings is 1. The minimum absolute atomic E-state index is 0.0922. The summed E-state index contributed by atoms with van der Waals surface area (Å²) < 4.78 is 10.9. The maximum absolute atomic E-state index is 5.90. The molecule has 0 saturated carbocycles. The Kier molecular flexibility index (Phi) is 4.77. The summed E-state index contributed by atoms with van der Waals surface area (Å²) in [5.74, 6) is 2.58. The first-order valence-electron chi connectivity index (χ1n) is 8.83. The van der Waals surface area contributed by atoms with Crippen molar-refractivity contribution >= 4 is 0 Å². The van der Waals surface area contributed by atoms with Crippen molar-refractivity contribution < 1.29 is 8.94 Å². The quantitative estimate of drug-likeness (QED) is 0.690. The summed E-state index contributed by atoms with van der Waals surface area (Å²) in [6, 6.07) is 9.94. The predicted molar refractivity (Wildman–Crippen MR) is 94.0 cm³/mol. The van der Waals surface area contributed by atoms with Crippen LogP contribution in [-0.2, 0) is 6.54 Å². The summed E-state index contributed by atoms with van der Waals surface area (Å²) in [5.41, 5.74) is 0.943. The third kappa shape index (κ3) is 3.66. The Balaban J connectivity index is 1.35. The molecule has 2 aromatic heterocycles. The van der Waals surface area contributed by atoms with E-state index in [1.54, 1.807) is 0 Å². The van der Waals surface area contributed by atoms with Crippen LogP contribution in [0.15, 0.2) is 39.3 Å². The van der Waals surface area contributed by atoms with E-state index in [2.05, 4.69) is 37.1 Å². The van der Waals surface area contributed by atoms with Crippen LogP contribution in [0.25, 0.3) is 11.5 Å². The average molecular weight is 354 g/mol. The van der Waals surface area contributed by atoms with Crippen LogP contribution in [0.3, 0.4) is 0 Å². The highest BCUT2D eigenvalue weighted by Crippen LogP contribution is 2.24. The molecule has 8 nitrogen and oxygen atoms in total. The highest BCUT2D eigenvalue weighted by Gasteiger charge is 2.26. The molecule has 0 radical (unpaired) electrons. The van der Waals surface area contributed by atoms with Crippen LogP contribution < -0.4 is 0 Å². The molecular weight excluding hydrogens is 332 g/mol. The van der Waals surface area contributed by atoms with E-state index in [1.165, 1.54) is 0 Å². The van der Waals surface area contributed by atoms with E-state index >= 15 is 0 Å².